The number of likely N-dealkylation sites (tertiary alicyclic amines) is 1. The van der Waals surface area contributed by atoms with Gasteiger partial charge in [-0.05, 0) is 43.0 Å². The third kappa shape index (κ3) is 2.62. The molecule has 2 fully saturated rings. The van der Waals surface area contributed by atoms with Crippen molar-refractivity contribution in [2.75, 3.05) is 13.1 Å². The van der Waals surface area contributed by atoms with E-state index < -0.39 is 11.4 Å². The lowest BCUT2D eigenvalue weighted by Gasteiger charge is -2.23. The van der Waals surface area contributed by atoms with E-state index in [4.69, 9.17) is 11.6 Å². The summed E-state index contributed by atoms with van der Waals surface area (Å²) < 4.78 is 1.83. The highest BCUT2D eigenvalue weighted by Crippen LogP contribution is 2.49. The lowest BCUT2D eigenvalue weighted by Crippen LogP contribution is -2.35. The summed E-state index contributed by atoms with van der Waals surface area (Å²) in [6, 6.07) is 7.55. The van der Waals surface area contributed by atoms with E-state index in [-0.39, 0.29) is 0 Å². The van der Waals surface area contributed by atoms with Gasteiger partial charge in [-0.2, -0.15) is 5.10 Å². The largest absolute Gasteiger partial charge is 0.481 e. The van der Waals surface area contributed by atoms with E-state index >= 15 is 0 Å². The van der Waals surface area contributed by atoms with E-state index in [0.717, 1.165) is 43.6 Å². The molecule has 1 aromatic heterocycles. The summed E-state index contributed by atoms with van der Waals surface area (Å²) in [6.45, 7) is 2.27. The maximum atomic E-state index is 11.8. The van der Waals surface area contributed by atoms with Gasteiger partial charge >= 0.3 is 5.97 Å². The first kappa shape index (κ1) is 15.7. The van der Waals surface area contributed by atoms with E-state index in [1.807, 2.05) is 41.3 Å². The average molecular weight is 346 g/mol. The molecule has 126 valence electrons. The van der Waals surface area contributed by atoms with Crippen LogP contribution in [0.4, 0.5) is 0 Å². The molecule has 0 bridgehead atoms. The molecule has 6 heteroatoms. The molecule has 2 aliphatic rings. The Bertz CT molecular complexity index is 758. The van der Waals surface area contributed by atoms with Crippen molar-refractivity contribution in [3.05, 3.63) is 47.2 Å². The second kappa shape index (κ2) is 5.90. The van der Waals surface area contributed by atoms with E-state index in [2.05, 4.69) is 10.00 Å². The molecule has 1 aromatic carbocycles. The van der Waals surface area contributed by atoms with Crippen molar-refractivity contribution in [2.24, 2.45) is 11.3 Å². The normalized spacial score (nSPS) is 26.6. The number of carboxylic acid groups (broad SMARTS) is 1. The Morgan fingerprint density at radius 1 is 1.38 bits per heavy atom. The molecule has 0 spiro atoms. The van der Waals surface area contributed by atoms with Crippen LogP contribution in [0.2, 0.25) is 5.02 Å². The summed E-state index contributed by atoms with van der Waals surface area (Å²) in [5.74, 6) is -0.328. The standard InChI is InChI=1S/C18H20ClN3O2/c19-15-3-5-16(6-4-15)22-10-13(8-20-22)9-21-11-14-2-1-7-18(14,12-21)17(23)24/h3-6,8,10,14H,1-2,7,9,11-12H2,(H,23,24)/t14-,18+/m0/s1. The predicted molar refractivity (Wildman–Crippen MR) is 91.3 cm³/mol. The number of carboxylic acids is 1. The van der Waals surface area contributed by atoms with Crippen molar-refractivity contribution in [3.63, 3.8) is 0 Å². The monoisotopic (exact) mass is 345 g/mol. The van der Waals surface area contributed by atoms with Gasteiger partial charge in [0, 0.05) is 36.4 Å². The van der Waals surface area contributed by atoms with Gasteiger partial charge in [0.05, 0.1) is 17.3 Å². The molecule has 24 heavy (non-hydrogen) atoms. The number of rotatable bonds is 4. The molecule has 4 rings (SSSR count). The van der Waals surface area contributed by atoms with Crippen LogP contribution in [0.15, 0.2) is 36.7 Å². The third-order valence-corrected chi connectivity index (χ3v) is 5.75. The first-order valence-electron chi connectivity index (χ1n) is 8.32. The Morgan fingerprint density at radius 2 is 2.17 bits per heavy atom. The summed E-state index contributed by atoms with van der Waals surface area (Å²) in [4.78, 5) is 14.0. The predicted octanol–water partition coefficient (Wildman–Crippen LogP) is 3.21. The summed E-state index contributed by atoms with van der Waals surface area (Å²) in [7, 11) is 0. The fourth-order valence-electron chi connectivity index (χ4n) is 4.30. The Balaban J connectivity index is 1.47. The lowest BCUT2D eigenvalue weighted by molar-refractivity contribution is -0.149. The Kier molecular flexibility index (Phi) is 3.85. The van der Waals surface area contributed by atoms with Crippen LogP contribution in [0, 0.1) is 11.3 Å². The third-order valence-electron chi connectivity index (χ3n) is 5.50. The molecule has 1 saturated carbocycles. The first-order valence-corrected chi connectivity index (χ1v) is 8.70. The topological polar surface area (TPSA) is 58.4 Å². The van der Waals surface area contributed by atoms with Crippen molar-refractivity contribution >= 4 is 17.6 Å². The van der Waals surface area contributed by atoms with Crippen LogP contribution in [0.25, 0.3) is 5.69 Å². The fourth-order valence-corrected chi connectivity index (χ4v) is 4.42. The number of halogens is 1. The summed E-state index contributed by atoms with van der Waals surface area (Å²) >= 11 is 5.92. The maximum absolute atomic E-state index is 11.8. The van der Waals surface area contributed by atoms with Crippen LogP contribution in [0.5, 0.6) is 0 Å². The van der Waals surface area contributed by atoms with Gasteiger partial charge in [-0.15, -0.1) is 0 Å². The van der Waals surface area contributed by atoms with Gasteiger partial charge in [0.15, 0.2) is 0 Å². The quantitative estimate of drug-likeness (QED) is 0.924. The minimum absolute atomic E-state index is 0.293. The average Bonchev–Trinajstić information content (AvgIpc) is 3.22. The maximum Gasteiger partial charge on any atom is 0.311 e. The smallest absolute Gasteiger partial charge is 0.311 e. The summed E-state index contributed by atoms with van der Waals surface area (Å²) in [5.41, 5.74) is 1.54. The van der Waals surface area contributed by atoms with Crippen LogP contribution in [-0.4, -0.2) is 38.8 Å². The zero-order valence-corrected chi connectivity index (χ0v) is 14.1. The van der Waals surface area contributed by atoms with Crippen LogP contribution in [0.3, 0.4) is 0 Å². The molecular formula is C18H20ClN3O2. The van der Waals surface area contributed by atoms with Crippen molar-refractivity contribution < 1.29 is 9.90 Å². The molecule has 5 nitrogen and oxygen atoms in total. The molecule has 2 aromatic rings. The van der Waals surface area contributed by atoms with Crippen molar-refractivity contribution in [2.45, 2.75) is 25.8 Å². The number of carbonyl (C=O) groups is 1. The van der Waals surface area contributed by atoms with Crippen LogP contribution >= 0.6 is 11.6 Å². The molecule has 1 aliphatic carbocycles. The molecule has 0 radical (unpaired) electrons. The number of hydrogen-bond acceptors (Lipinski definition) is 3. The molecule has 1 N–H and O–H groups in total. The van der Waals surface area contributed by atoms with E-state index in [9.17, 15) is 9.90 Å². The van der Waals surface area contributed by atoms with Crippen LogP contribution in [0.1, 0.15) is 24.8 Å². The van der Waals surface area contributed by atoms with Gasteiger partial charge in [0.25, 0.3) is 0 Å². The van der Waals surface area contributed by atoms with Gasteiger partial charge in [-0.25, -0.2) is 4.68 Å². The number of hydrogen-bond donors (Lipinski definition) is 1. The highest BCUT2D eigenvalue weighted by atomic mass is 35.5. The molecule has 0 amide bonds. The first-order chi connectivity index (χ1) is 11.6. The van der Waals surface area contributed by atoms with Gasteiger partial charge in [0.2, 0.25) is 0 Å². The zero-order valence-electron chi connectivity index (χ0n) is 13.4. The molecule has 0 unspecified atom stereocenters. The molecular weight excluding hydrogens is 326 g/mol. The number of benzene rings is 1. The number of fused-ring (bicyclic) bond motifs is 1. The fraction of sp³-hybridized carbons (Fsp3) is 0.444. The van der Waals surface area contributed by atoms with E-state index in [1.165, 1.54) is 0 Å². The molecule has 2 heterocycles. The van der Waals surface area contributed by atoms with Gasteiger partial charge in [0.1, 0.15) is 0 Å². The SMILES string of the molecule is O=C(O)[C@@]12CCC[C@H]1CN(Cc1cnn(-c3ccc(Cl)cc3)c1)C2. The van der Waals surface area contributed by atoms with Gasteiger partial charge < -0.3 is 5.11 Å². The Labute approximate surface area is 145 Å². The Hall–Kier alpha value is -1.85. The lowest BCUT2D eigenvalue weighted by atomic mass is 9.81. The van der Waals surface area contributed by atoms with E-state index in [1.54, 1.807) is 0 Å². The number of aromatic nitrogens is 2. The van der Waals surface area contributed by atoms with Crippen LogP contribution in [-0.2, 0) is 11.3 Å². The number of nitrogens with zero attached hydrogens (tertiary/aromatic N) is 3. The minimum Gasteiger partial charge on any atom is -0.481 e. The molecule has 1 aliphatic heterocycles. The second-order valence-corrected chi connectivity index (χ2v) is 7.43. The zero-order chi connectivity index (χ0) is 16.7. The minimum atomic E-state index is -0.621. The van der Waals surface area contributed by atoms with Crippen molar-refractivity contribution in [1.82, 2.24) is 14.7 Å². The highest BCUT2D eigenvalue weighted by Gasteiger charge is 2.54. The van der Waals surface area contributed by atoms with Crippen LogP contribution < -0.4 is 0 Å². The molecule has 1 saturated heterocycles. The highest BCUT2D eigenvalue weighted by molar-refractivity contribution is 6.30. The van der Waals surface area contributed by atoms with E-state index in [0.29, 0.717) is 17.5 Å². The van der Waals surface area contributed by atoms with Crippen molar-refractivity contribution in [3.8, 4) is 5.69 Å². The van der Waals surface area contributed by atoms with Crippen molar-refractivity contribution in [1.29, 1.82) is 0 Å². The molecule has 2 atom stereocenters. The Morgan fingerprint density at radius 3 is 2.88 bits per heavy atom. The van der Waals surface area contributed by atoms with Gasteiger partial charge in [-0.3, -0.25) is 9.69 Å². The number of aliphatic carboxylic acids is 1. The summed E-state index contributed by atoms with van der Waals surface area (Å²) in [5, 5.41) is 14.8. The summed E-state index contributed by atoms with van der Waals surface area (Å²) in [6.07, 6.45) is 6.75. The second-order valence-electron chi connectivity index (χ2n) is 6.99. The van der Waals surface area contributed by atoms with Gasteiger partial charge in [-0.1, -0.05) is 18.0 Å².